The van der Waals surface area contributed by atoms with Gasteiger partial charge in [-0.2, -0.15) is 0 Å². The summed E-state index contributed by atoms with van der Waals surface area (Å²) in [4.78, 5) is 16.6. The Labute approximate surface area is 187 Å². The number of pyridine rings is 1. The van der Waals surface area contributed by atoms with Gasteiger partial charge in [0.15, 0.2) is 0 Å². The molecule has 0 unspecified atom stereocenters. The van der Waals surface area contributed by atoms with Crippen LogP contribution in [0.25, 0.3) is 5.57 Å². The Morgan fingerprint density at radius 1 is 1.16 bits per heavy atom. The predicted octanol–water partition coefficient (Wildman–Crippen LogP) is 6.14. The highest BCUT2D eigenvalue weighted by Gasteiger charge is 2.08. The van der Waals surface area contributed by atoms with Gasteiger partial charge in [-0.05, 0) is 73.4 Å². The Kier molecular flexibility index (Phi) is 11.2. The SMILES string of the molecule is CCCC/C(=C\C=C\C(=O)N[C@H](CC)CCCc1cccnc1)c1ccc(OC)cc1. The van der Waals surface area contributed by atoms with Crippen molar-refractivity contribution < 1.29 is 9.53 Å². The van der Waals surface area contributed by atoms with E-state index < -0.39 is 0 Å². The van der Waals surface area contributed by atoms with E-state index in [1.54, 1.807) is 19.4 Å². The van der Waals surface area contributed by atoms with Gasteiger partial charge in [0.25, 0.3) is 0 Å². The monoisotopic (exact) mass is 420 g/mol. The van der Waals surface area contributed by atoms with Crippen LogP contribution in [0.4, 0.5) is 0 Å². The molecule has 0 spiro atoms. The lowest BCUT2D eigenvalue weighted by atomic mass is 9.99. The zero-order valence-corrected chi connectivity index (χ0v) is 19.1. The molecule has 0 saturated carbocycles. The van der Waals surface area contributed by atoms with Crippen LogP contribution in [-0.4, -0.2) is 24.0 Å². The molecule has 0 aliphatic carbocycles. The first-order valence-corrected chi connectivity index (χ1v) is 11.4. The van der Waals surface area contributed by atoms with Gasteiger partial charge in [0, 0.05) is 24.5 Å². The van der Waals surface area contributed by atoms with Gasteiger partial charge in [0.1, 0.15) is 5.75 Å². The van der Waals surface area contributed by atoms with Crippen molar-refractivity contribution in [3.05, 3.63) is 78.1 Å². The maximum atomic E-state index is 12.4. The Morgan fingerprint density at radius 3 is 2.61 bits per heavy atom. The minimum absolute atomic E-state index is 0.0333. The third-order valence-electron chi connectivity index (χ3n) is 5.39. The van der Waals surface area contributed by atoms with E-state index in [-0.39, 0.29) is 11.9 Å². The van der Waals surface area contributed by atoms with Crippen molar-refractivity contribution >= 4 is 11.5 Å². The maximum Gasteiger partial charge on any atom is 0.244 e. The summed E-state index contributed by atoms with van der Waals surface area (Å²) < 4.78 is 5.25. The number of rotatable bonds is 13. The Bertz CT molecular complexity index is 826. The van der Waals surface area contributed by atoms with Crippen LogP contribution in [-0.2, 0) is 11.2 Å². The van der Waals surface area contributed by atoms with Gasteiger partial charge in [-0.3, -0.25) is 9.78 Å². The second-order valence-corrected chi connectivity index (χ2v) is 7.75. The van der Waals surface area contributed by atoms with Gasteiger partial charge in [-0.15, -0.1) is 0 Å². The number of ether oxygens (including phenoxy) is 1. The number of allylic oxidation sites excluding steroid dienone is 3. The van der Waals surface area contributed by atoms with E-state index in [1.165, 1.54) is 16.7 Å². The quantitative estimate of drug-likeness (QED) is 0.313. The van der Waals surface area contributed by atoms with Crippen LogP contribution in [0.5, 0.6) is 5.75 Å². The molecule has 4 heteroatoms. The summed E-state index contributed by atoms with van der Waals surface area (Å²) in [6.07, 6.45) is 16.4. The molecule has 0 bridgehead atoms. The van der Waals surface area contributed by atoms with Crippen molar-refractivity contribution in [3.8, 4) is 5.75 Å². The molecular weight excluding hydrogens is 384 g/mol. The fourth-order valence-electron chi connectivity index (χ4n) is 3.47. The van der Waals surface area contributed by atoms with Crippen LogP contribution in [0.1, 0.15) is 63.5 Å². The zero-order chi connectivity index (χ0) is 22.3. The normalized spacial score (nSPS) is 12.7. The number of hydrogen-bond acceptors (Lipinski definition) is 3. The second kappa shape index (κ2) is 14.2. The summed E-state index contributed by atoms with van der Waals surface area (Å²) >= 11 is 0. The zero-order valence-electron chi connectivity index (χ0n) is 19.1. The van der Waals surface area contributed by atoms with Crippen LogP contribution in [0.2, 0.25) is 0 Å². The molecule has 0 saturated heterocycles. The first-order chi connectivity index (χ1) is 15.2. The van der Waals surface area contributed by atoms with E-state index >= 15 is 0 Å². The van der Waals surface area contributed by atoms with Crippen molar-refractivity contribution in [1.29, 1.82) is 0 Å². The van der Waals surface area contributed by atoms with Crippen molar-refractivity contribution in [2.75, 3.05) is 7.11 Å². The highest BCUT2D eigenvalue weighted by atomic mass is 16.5. The average molecular weight is 421 g/mol. The molecule has 2 aromatic rings. The van der Waals surface area contributed by atoms with Crippen molar-refractivity contribution in [2.45, 2.75) is 64.8 Å². The average Bonchev–Trinajstić information content (AvgIpc) is 2.81. The lowest BCUT2D eigenvalue weighted by molar-refractivity contribution is -0.117. The van der Waals surface area contributed by atoms with Gasteiger partial charge in [-0.1, -0.05) is 50.6 Å². The van der Waals surface area contributed by atoms with Gasteiger partial charge < -0.3 is 10.1 Å². The molecule has 1 N–H and O–H groups in total. The summed E-state index contributed by atoms with van der Waals surface area (Å²) in [5.74, 6) is 0.816. The summed E-state index contributed by atoms with van der Waals surface area (Å²) in [6, 6.07) is 12.4. The summed E-state index contributed by atoms with van der Waals surface area (Å²) in [5.41, 5.74) is 3.64. The van der Waals surface area contributed by atoms with Crippen LogP contribution in [0.15, 0.2) is 67.0 Å². The number of carbonyl (C=O) groups excluding carboxylic acids is 1. The number of aromatic nitrogens is 1. The first kappa shape index (κ1) is 24.4. The van der Waals surface area contributed by atoms with E-state index in [4.69, 9.17) is 4.74 Å². The number of aryl methyl sites for hydroxylation is 1. The fraction of sp³-hybridized carbons (Fsp3) is 0.407. The van der Waals surface area contributed by atoms with Crippen molar-refractivity contribution in [1.82, 2.24) is 10.3 Å². The van der Waals surface area contributed by atoms with Gasteiger partial charge in [0.05, 0.1) is 7.11 Å². The fourth-order valence-corrected chi connectivity index (χ4v) is 3.47. The Hall–Kier alpha value is -2.88. The molecule has 0 fully saturated rings. The number of amides is 1. The maximum absolute atomic E-state index is 12.4. The van der Waals surface area contributed by atoms with Crippen LogP contribution >= 0.6 is 0 Å². The largest absolute Gasteiger partial charge is 0.497 e. The molecule has 1 atom stereocenters. The number of unbranched alkanes of at least 4 members (excludes halogenated alkanes) is 1. The van der Waals surface area contributed by atoms with E-state index in [0.29, 0.717) is 0 Å². The van der Waals surface area contributed by atoms with Crippen LogP contribution < -0.4 is 10.1 Å². The van der Waals surface area contributed by atoms with E-state index in [1.807, 2.05) is 30.5 Å². The smallest absolute Gasteiger partial charge is 0.244 e. The third-order valence-corrected chi connectivity index (χ3v) is 5.39. The molecule has 4 nitrogen and oxygen atoms in total. The van der Waals surface area contributed by atoms with Crippen LogP contribution in [0, 0.1) is 0 Å². The number of nitrogens with zero attached hydrogens (tertiary/aromatic N) is 1. The second-order valence-electron chi connectivity index (χ2n) is 7.75. The molecule has 166 valence electrons. The lowest BCUT2D eigenvalue weighted by Crippen LogP contribution is -2.33. The molecular formula is C27H36N2O2. The first-order valence-electron chi connectivity index (χ1n) is 11.4. The molecule has 1 amide bonds. The number of benzene rings is 1. The topological polar surface area (TPSA) is 51.2 Å². The Balaban J connectivity index is 1.90. The molecule has 0 aliphatic heterocycles. The number of nitrogens with one attached hydrogen (secondary N) is 1. The standard InChI is InChI=1S/C27H36N2O2/c1-4-6-12-23(24-16-18-26(31-3)19-17-24)13-8-15-27(30)29-25(5-2)14-7-10-22-11-9-20-28-21-22/h8-9,11,13,15-21,25H,4-7,10,12,14H2,1-3H3,(H,29,30)/b15-8+,23-13+/t25-/m1/s1. The molecule has 1 aromatic carbocycles. The van der Waals surface area contributed by atoms with Gasteiger partial charge in [0.2, 0.25) is 5.91 Å². The Morgan fingerprint density at radius 2 is 1.97 bits per heavy atom. The number of carbonyl (C=O) groups is 1. The lowest BCUT2D eigenvalue weighted by Gasteiger charge is -2.15. The summed E-state index contributed by atoms with van der Waals surface area (Å²) in [6.45, 7) is 4.30. The molecule has 1 heterocycles. The minimum Gasteiger partial charge on any atom is -0.497 e. The highest BCUT2D eigenvalue weighted by molar-refractivity contribution is 5.88. The predicted molar refractivity (Wildman–Crippen MR) is 129 cm³/mol. The minimum atomic E-state index is -0.0333. The van der Waals surface area contributed by atoms with Crippen LogP contribution in [0.3, 0.4) is 0 Å². The molecule has 31 heavy (non-hydrogen) atoms. The molecule has 2 rings (SSSR count). The molecule has 0 radical (unpaired) electrons. The summed E-state index contributed by atoms with van der Waals surface area (Å²) in [7, 11) is 1.67. The van der Waals surface area contributed by atoms with E-state index in [0.717, 1.165) is 50.7 Å². The van der Waals surface area contributed by atoms with E-state index in [2.05, 4.69) is 48.4 Å². The highest BCUT2D eigenvalue weighted by Crippen LogP contribution is 2.23. The summed E-state index contributed by atoms with van der Waals surface area (Å²) in [5, 5.41) is 3.14. The van der Waals surface area contributed by atoms with Crippen molar-refractivity contribution in [2.24, 2.45) is 0 Å². The third kappa shape index (κ3) is 9.20. The van der Waals surface area contributed by atoms with Crippen molar-refractivity contribution in [3.63, 3.8) is 0 Å². The van der Waals surface area contributed by atoms with E-state index in [9.17, 15) is 4.79 Å². The molecule has 1 aromatic heterocycles. The van der Waals surface area contributed by atoms with Gasteiger partial charge >= 0.3 is 0 Å². The van der Waals surface area contributed by atoms with Gasteiger partial charge in [-0.25, -0.2) is 0 Å². The molecule has 0 aliphatic rings. The number of methoxy groups -OCH3 is 1. The number of hydrogen-bond donors (Lipinski definition) is 1.